The minimum absolute atomic E-state index is 0.202. The van der Waals surface area contributed by atoms with E-state index in [2.05, 4.69) is 5.32 Å². The van der Waals surface area contributed by atoms with Crippen LogP contribution >= 0.6 is 23.2 Å². The Hall–Kier alpha value is -1.58. The van der Waals surface area contributed by atoms with Gasteiger partial charge < -0.3 is 5.32 Å². The molecule has 0 aromatic heterocycles. The van der Waals surface area contributed by atoms with Crippen molar-refractivity contribution in [1.29, 1.82) is 0 Å². The van der Waals surface area contributed by atoms with Gasteiger partial charge in [0.15, 0.2) is 0 Å². The second-order valence-corrected chi connectivity index (χ2v) is 4.73. The molecule has 0 aliphatic heterocycles. The van der Waals surface area contributed by atoms with Crippen LogP contribution in [0.15, 0.2) is 48.5 Å². The zero-order valence-electron chi connectivity index (χ0n) is 9.74. The Morgan fingerprint density at radius 2 is 1.84 bits per heavy atom. The van der Waals surface area contributed by atoms with Crippen LogP contribution in [0.5, 0.6) is 0 Å². The maximum atomic E-state index is 13.1. The molecule has 19 heavy (non-hydrogen) atoms. The maximum Gasteiger partial charge on any atom is 0.247 e. The number of amides is 1. The summed E-state index contributed by atoms with van der Waals surface area (Å²) in [6.07, 6.45) is 0. The van der Waals surface area contributed by atoms with Crippen molar-refractivity contribution < 1.29 is 9.18 Å². The number of alkyl halides is 1. The minimum atomic E-state index is -0.861. The van der Waals surface area contributed by atoms with Crippen molar-refractivity contribution in [2.24, 2.45) is 0 Å². The average Bonchev–Trinajstić information content (AvgIpc) is 2.43. The Bertz CT molecular complexity index is 589. The lowest BCUT2D eigenvalue weighted by molar-refractivity contribution is -0.116. The molecule has 0 fully saturated rings. The lowest BCUT2D eigenvalue weighted by Gasteiger charge is -2.12. The fraction of sp³-hybridized carbons (Fsp3) is 0.0714. The molecular weight excluding hydrogens is 288 g/mol. The van der Waals surface area contributed by atoms with Crippen LogP contribution < -0.4 is 5.32 Å². The van der Waals surface area contributed by atoms with Gasteiger partial charge in [0.1, 0.15) is 11.2 Å². The molecule has 0 saturated carbocycles. The number of anilines is 1. The van der Waals surface area contributed by atoms with E-state index in [1.54, 1.807) is 24.3 Å². The van der Waals surface area contributed by atoms with Crippen molar-refractivity contribution in [3.05, 3.63) is 64.9 Å². The number of hydrogen-bond acceptors (Lipinski definition) is 1. The van der Waals surface area contributed by atoms with Crippen molar-refractivity contribution in [1.82, 2.24) is 0 Å². The Kier molecular flexibility index (Phi) is 4.40. The van der Waals surface area contributed by atoms with Gasteiger partial charge in [0.05, 0.1) is 10.7 Å². The summed E-state index contributed by atoms with van der Waals surface area (Å²) in [6.45, 7) is 0. The molecule has 1 N–H and O–H groups in total. The van der Waals surface area contributed by atoms with E-state index in [0.717, 1.165) is 6.07 Å². The summed E-state index contributed by atoms with van der Waals surface area (Å²) >= 11 is 11.9. The third-order valence-electron chi connectivity index (χ3n) is 2.51. The van der Waals surface area contributed by atoms with Crippen molar-refractivity contribution in [3.8, 4) is 0 Å². The summed E-state index contributed by atoms with van der Waals surface area (Å²) in [5.74, 6) is -0.939. The first-order valence-electron chi connectivity index (χ1n) is 5.53. The monoisotopic (exact) mass is 297 g/mol. The molecule has 5 heteroatoms. The van der Waals surface area contributed by atoms with Gasteiger partial charge in [-0.1, -0.05) is 41.9 Å². The first-order valence-corrected chi connectivity index (χ1v) is 6.34. The van der Waals surface area contributed by atoms with Crippen LogP contribution in [0.1, 0.15) is 10.9 Å². The summed E-state index contributed by atoms with van der Waals surface area (Å²) in [6, 6.07) is 12.6. The lowest BCUT2D eigenvalue weighted by atomic mass is 10.1. The third-order valence-corrected chi connectivity index (χ3v) is 3.29. The molecule has 0 spiro atoms. The van der Waals surface area contributed by atoms with Crippen LogP contribution in [-0.4, -0.2) is 5.91 Å². The summed E-state index contributed by atoms with van der Waals surface area (Å²) < 4.78 is 13.1. The number of rotatable bonds is 3. The minimum Gasteiger partial charge on any atom is -0.323 e. The van der Waals surface area contributed by atoms with Gasteiger partial charge in [0.2, 0.25) is 5.91 Å². The largest absolute Gasteiger partial charge is 0.323 e. The molecular formula is C14H10Cl2FNO. The molecule has 2 rings (SSSR count). The zero-order valence-corrected chi connectivity index (χ0v) is 11.3. The third kappa shape index (κ3) is 3.46. The SMILES string of the molecule is O=C(Nc1cc(F)ccc1Cl)C(Cl)c1ccccc1. The van der Waals surface area contributed by atoms with Crippen molar-refractivity contribution in [3.63, 3.8) is 0 Å². The quantitative estimate of drug-likeness (QED) is 0.836. The van der Waals surface area contributed by atoms with Gasteiger partial charge in [-0.2, -0.15) is 0 Å². The molecule has 0 aliphatic carbocycles. The van der Waals surface area contributed by atoms with Crippen LogP contribution in [-0.2, 0) is 4.79 Å². The zero-order chi connectivity index (χ0) is 13.8. The second kappa shape index (κ2) is 6.04. The van der Waals surface area contributed by atoms with Gasteiger partial charge in [0, 0.05) is 0 Å². The Labute approximate surface area is 120 Å². The van der Waals surface area contributed by atoms with Crippen LogP contribution in [0.4, 0.5) is 10.1 Å². The maximum absolute atomic E-state index is 13.1. The van der Waals surface area contributed by atoms with Crippen LogP contribution in [0.25, 0.3) is 0 Å². The number of carbonyl (C=O) groups excluding carboxylic acids is 1. The van der Waals surface area contributed by atoms with E-state index in [1.807, 2.05) is 6.07 Å². The van der Waals surface area contributed by atoms with Gasteiger partial charge in [-0.25, -0.2) is 4.39 Å². The topological polar surface area (TPSA) is 29.1 Å². The molecule has 1 unspecified atom stereocenters. The van der Waals surface area contributed by atoms with Crippen LogP contribution in [0, 0.1) is 5.82 Å². The van der Waals surface area contributed by atoms with E-state index in [1.165, 1.54) is 12.1 Å². The molecule has 2 aromatic rings. The fourth-order valence-corrected chi connectivity index (χ4v) is 1.93. The summed E-state index contributed by atoms with van der Waals surface area (Å²) in [5.41, 5.74) is 0.863. The Morgan fingerprint density at radius 1 is 1.16 bits per heavy atom. The summed E-state index contributed by atoms with van der Waals surface area (Å²) in [5, 5.41) is 1.90. The van der Waals surface area contributed by atoms with Crippen molar-refractivity contribution >= 4 is 34.8 Å². The van der Waals surface area contributed by atoms with Gasteiger partial charge >= 0.3 is 0 Å². The number of benzene rings is 2. The molecule has 0 aliphatic rings. The molecule has 0 heterocycles. The van der Waals surface area contributed by atoms with Gasteiger partial charge in [-0.3, -0.25) is 4.79 Å². The highest BCUT2D eigenvalue weighted by atomic mass is 35.5. The van der Waals surface area contributed by atoms with Crippen molar-refractivity contribution in [2.45, 2.75) is 5.38 Å². The van der Waals surface area contributed by atoms with Gasteiger partial charge in [0.25, 0.3) is 0 Å². The standard InChI is InChI=1S/C14H10Cl2FNO/c15-11-7-6-10(17)8-12(11)18-14(19)13(16)9-4-2-1-3-5-9/h1-8,13H,(H,18,19). The molecule has 1 atom stereocenters. The first kappa shape index (κ1) is 13.8. The number of carbonyl (C=O) groups is 1. The lowest BCUT2D eigenvalue weighted by Crippen LogP contribution is -2.17. The number of hydrogen-bond donors (Lipinski definition) is 1. The summed E-state index contributed by atoms with van der Waals surface area (Å²) in [4.78, 5) is 12.0. The highest BCUT2D eigenvalue weighted by molar-refractivity contribution is 6.35. The Morgan fingerprint density at radius 3 is 2.53 bits per heavy atom. The van der Waals surface area contributed by atoms with E-state index < -0.39 is 17.1 Å². The highest BCUT2D eigenvalue weighted by Gasteiger charge is 2.18. The molecule has 2 nitrogen and oxygen atoms in total. The Balaban J connectivity index is 2.15. The van der Waals surface area contributed by atoms with Crippen LogP contribution in [0.3, 0.4) is 0 Å². The molecule has 0 saturated heterocycles. The first-order chi connectivity index (χ1) is 9.08. The highest BCUT2D eigenvalue weighted by Crippen LogP contribution is 2.26. The van der Waals surface area contributed by atoms with Crippen LogP contribution in [0.2, 0.25) is 5.02 Å². The molecule has 2 aromatic carbocycles. The summed E-state index contributed by atoms with van der Waals surface area (Å²) in [7, 11) is 0. The van der Waals surface area contributed by atoms with E-state index >= 15 is 0 Å². The number of halogens is 3. The molecule has 0 radical (unpaired) electrons. The molecule has 0 bridgehead atoms. The average molecular weight is 298 g/mol. The van der Waals surface area contributed by atoms with E-state index in [-0.39, 0.29) is 10.7 Å². The fourth-order valence-electron chi connectivity index (χ4n) is 1.56. The molecule has 1 amide bonds. The number of nitrogens with one attached hydrogen (secondary N) is 1. The predicted octanol–water partition coefficient (Wildman–Crippen LogP) is 4.40. The second-order valence-electron chi connectivity index (χ2n) is 3.89. The predicted molar refractivity (Wildman–Crippen MR) is 75.1 cm³/mol. The molecule has 98 valence electrons. The van der Waals surface area contributed by atoms with Crippen molar-refractivity contribution in [2.75, 3.05) is 5.32 Å². The smallest absolute Gasteiger partial charge is 0.247 e. The van der Waals surface area contributed by atoms with E-state index in [9.17, 15) is 9.18 Å². The van der Waals surface area contributed by atoms with Gasteiger partial charge in [-0.15, -0.1) is 11.6 Å². The van der Waals surface area contributed by atoms with Gasteiger partial charge in [-0.05, 0) is 23.8 Å². The van der Waals surface area contributed by atoms with E-state index in [4.69, 9.17) is 23.2 Å². The van der Waals surface area contributed by atoms with E-state index in [0.29, 0.717) is 5.56 Å². The normalized spacial score (nSPS) is 11.9.